The van der Waals surface area contributed by atoms with Gasteiger partial charge in [0.15, 0.2) is 0 Å². The second-order valence-corrected chi connectivity index (χ2v) is 4.85. The largest absolute Gasteiger partial charge is 0.372 e. The number of anilines is 1. The standard InChI is InChI=1S/C14H19N.CH5N/c1-2-6-13-11-14(8-7-12(13)5-1)15-9-3-4-10-15;1-2/h7-8,11H,1-6,9-10H2;2H2,1H3. The van der Waals surface area contributed by atoms with Crippen molar-refractivity contribution in [2.75, 3.05) is 25.0 Å². The van der Waals surface area contributed by atoms with E-state index in [1.807, 2.05) is 0 Å². The highest BCUT2D eigenvalue weighted by Crippen LogP contribution is 2.27. The van der Waals surface area contributed by atoms with Crippen LogP contribution in [0.3, 0.4) is 0 Å². The SMILES string of the molecule is CN.c1cc2c(cc1N1CCCC1)CCCC2. The van der Waals surface area contributed by atoms with E-state index in [-0.39, 0.29) is 0 Å². The van der Waals surface area contributed by atoms with Crippen LogP contribution < -0.4 is 10.6 Å². The molecular weight excluding hydrogens is 208 g/mol. The summed E-state index contributed by atoms with van der Waals surface area (Å²) < 4.78 is 0. The number of aryl methyl sites for hydroxylation is 2. The summed E-state index contributed by atoms with van der Waals surface area (Å²) in [7, 11) is 1.50. The molecule has 0 bridgehead atoms. The number of hydrogen-bond donors (Lipinski definition) is 1. The van der Waals surface area contributed by atoms with Gasteiger partial charge in [-0.2, -0.15) is 0 Å². The van der Waals surface area contributed by atoms with Crippen molar-refractivity contribution in [2.24, 2.45) is 5.73 Å². The van der Waals surface area contributed by atoms with Crippen molar-refractivity contribution in [3.63, 3.8) is 0 Å². The van der Waals surface area contributed by atoms with Crippen molar-refractivity contribution in [2.45, 2.75) is 38.5 Å². The summed E-state index contributed by atoms with van der Waals surface area (Å²) in [4.78, 5) is 2.54. The van der Waals surface area contributed by atoms with Gasteiger partial charge in [0.2, 0.25) is 0 Å². The monoisotopic (exact) mass is 232 g/mol. The van der Waals surface area contributed by atoms with Crippen LogP contribution >= 0.6 is 0 Å². The Morgan fingerprint density at radius 3 is 2.24 bits per heavy atom. The van der Waals surface area contributed by atoms with Crippen molar-refractivity contribution in [3.05, 3.63) is 29.3 Å². The van der Waals surface area contributed by atoms with Crippen LogP contribution in [-0.4, -0.2) is 20.1 Å². The smallest absolute Gasteiger partial charge is 0.0369 e. The van der Waals surface area contributed by atoms with Crippen LogP contribution in [0.4, 0.5) is 5.69 Å². The van der Waals surface area contributed by atoms with E-state index in [1.54, 1.807) is 11.1 Å². The quantitative estimate of drug-likeness (QED) is 0.806. The molecule has 2 aliphatic rings. The van der Waals surface area contributed by atoms with E-state index >= 15 is 0 Å². The third-order valence-corrected chi connectivity index (χ3v) is 3.80. The molecule has 0 atom stereocenters. The van der Waals surface area contributed by atoms with Crippen molar-refractivity contribution in [3.8, 4) is 0 Å². The molecular formula is C15H24N2. The molecule has 1 aromatic rings. The van der Waals surface area contributed by atoms with Gasteiger partial charge in [0.1, 0.15) is 0 Å². The Labute approximate surface area is 105 Å². The molecule has 0 spiro atoms. The fraction of sp³-hybridized carbons (Fsp3) is 0.600. The maximum Gasteiger partial charge on any atom is 0.0369 e. The first-order chi connectivity index (χ1) is 8.43. The number of rotatable bonds is 1. The molecule has 3 rings (SSSR count). The average molecular weight is 232 g/mol. The first-order valence-corrected chi connectivity index (χ1v) is 6.88. The summed E-state index contributed by atoms with van der Waals surface area (Å²) in [6.45, 7) is 2.53. The van der Waals surface area contributed by atoms with Crippen LogP contribution in [0.5, 0.6) is 0 Å². The summed E-state index contributed by atoms with van der Waals surface area (Å²) in [5, 5.41) is 0. The summed E-state index contributed by atoms with van der Waals surface area (Å²) in [6.07, 6.45) is 8.12. The highest BCUT2D eigenvalue weighted by molar-refractivity contribution is 5.52. The molecule has 1 aliphatic heterocycles. The number of nitrogens with zero attached hydrogens (tertiary/aromatic N) is 1. The van der Waals surface area contributed by atoms with Gasteiger partial charge in [0.05, 0.1) is 0 Å². The number of benzene rings is 1. The Morgan fingerprint density at radius 1 is 0.882 bits per heavy atom. The summed E-state index contributed by atoms with van der Waals surface area (Å²) in [5.74, 6) is 0. The normalized spacial score (nSPS) is 18.4. The average Bonchev–Trinajstić information content (AvgIpc) is 2.94. The first-order valence-electron chi connectivity index (χ1n) is 6.88. The Kier molecular flexibility index (Phi) is 4.43. The second kappa shape index (κ2) is 6.06. The predicted octanol–water partition coefficient (Wildman–Crippen LogP) is 2.74. The van der Waals surface area contributed by atoms with E-state index in [9.17, 15) is 0 Å². The van der Waals surface area contributed by atoms with Crippen LogP contribution in [0.1, 0.15) is 36.8 Å². The third-order valence-electron chi connectivity index (χ3n) is 3.80. The van der Waals surface area contributed by atoms with Gasteiger partial charge in [0.25, 0.3) is 0 Å². The first kappa shape index (κ1) is 12.4. The zero-order valence-corrected chi connectivity index (χ0v) is 10.9. The van der Waals surface area contributed by atoms with Crippen molar-refractivity contribution in [1.29, 1.82) is 0 Å². The number of fused-ring (bicyclic) bond motifs is 1. The lowest BCUT2D eigenvalue weighted by molar-refractivity contribution is 0.685. The molecule has 1 fully saturated rings. The maximum absolute atomic E-state index is 4.50. The topological polar surface area (TPSA) is 29.3 Å². The molecule has 2 nitrogen and oxygen atoms in total. The van der Waals surface area contributed by atoms with Crippen molar-refractivity contribution >= 4 is 5.69 Å². The Morgan fingerprint density at radius 2 is 1.53 bits per heavy atom. The molecule has 0 aromatic heterocycles. The van der Waals surface area contributed by atoms with Gasteiger partial charge in [-0.25, -0.2) is 0 Å². The minimum atomic E-state index is 1.26. The molecule has 1 aromatic carbocycles. The molecule has 0 saturated carbocycles. The molecule has 17 heavy (non-hydrogen) atoms. The lowest BCUT2D eigenvalue weighted by Crippen LogP contribution is -2.18. The number of nitrogens with two attached hydrogens (primary N) is 1. The van der Waals surface area contributed by atoms with Crippen molar-refractivity contribution in [1.82, 2.24) is 0 Å². The molecule has 94 valence electrons. The molecule has 0 unspecified atom stereocenters. The minimum absolute atomic E-state index is 1.26. The van der Waals surface area contributed by atoms with Crippen LogP contribution in [0.25, 0.3) is 0 Å². The van der Waals surface area contributed by atoms with Crippen molar-refractivity contribution < 1.29 is 0 Å². The maximum atomic E-state index is 4.50. The van der Waals surface area contributed by atoms with Crippen LogP contribution in [0, 0.1) is 0 Å². The highest BCUT2D eigenvalue weighted by Gasteiger charge is 2.15. The van der Waals surface area contributed by atoms with Gasteiger partial charge in [-0.05, 0) is 68.8 Å². The lowest BCUT2D eigenvalue weighted by Gasteiger charge is -2.22. The van der Waals surface area contributed by atoms with E-state index in [0.29, 0.717) is 0 Å². The predicted molar refractivity (Wildman–Crippen MR) is 74.6 cm³/mol. The zero-order chi connectivity index (χ0) is 12.1. The van der Waals surface area contributed by atoms with Gasteiger partial charge in [-0.3, -0.25) is 0 Å². The van der Waals surface area contributed by atoms with Gasteiger partial charge in [-0.1, -0.05) is 6.07 Å². The van der Waals surface area contributed by atoms with E-state index in [0.717, 1.165) is 0 Å². The Balaban J connectivity index is 0.000000514. The van der Waals surface area contributed by atoms with E-state index in [4.69, 9.17) is 0 Å². The fourth-order valence-corrected chi connectivity index (χ4v) is 2.89. The second-order valence-electron chi connectivity index (χ2n) is 4.85. The zero-order valence-electron chi connectivity index (χ0n) is 10.9. The van der Waals surface area contributed by atoms with Crippen LogP contribution in [0.15, 0.2) is 18.2 Å². The van der Waals surface area contributed by atoms with Gasteiger partial charge < -0.3 is 10.6 Å². The summed E-state index contributed by atoms with van der Waals surface area (Å²) >= 11 is 0. The summed E-state index contributed by atoms with van der Waals surface area (Å²) in [5.41, 5.74) is 9.18. The molecule has 0 amide bonds. The van der Waals surface area contributed by atoms with Gasteiger partial charge >= 0.3 is 0 Å². The number of hydrogen-bond acceptors (Lipinski definition) is 2. The molecule has 2 N–H and O–H groups in total. The Hall–Kier alpha value is -1.02. The Bertz CT molecular complexity index is 354. The molecule has 1 heterocycles. The lowest BCUT2D eigenvalue weighted by atomic mass is 9.91. The molecule has 1 aliphatic carbocycles. The minimum Gasteiger partial charge on any atom is -0.372 e. The molecule has 1 saturated heterocycles. The highest BCUT2D eigenvalue weighted by atomic mass is 15.1. The van der Waals surface area contributed by atoms with Crippen LogP contribution in [-0.2, 0) is 12.8 Å². The van der Waals surface area contributed by atoms with E-state index in [2.05, 4.69) is 28.8 Å². The summed E-state index contributed by atoms with van der Waals surface area (Å²) in [6, 6.07) is 7.14. The van der Waals surface area contributed by atoms with E-state index < -0.39 is 0 Å². The third kappa shape index (κ3) is 2.81. The van der Waals surface area contributed by atoms with E-state index in [1.165, 1.54) is 64.3 Å². The van der Waals surface area contributed by atoms with Gasteiger partial charge in [0, 0.05) is 18.8 Å². The fourth-order valence-electron chi connectivity index (χ4n) is 2.89. The molecule has 0 radical (unpaired) electrons. The van der Waals surface area contributed by atoms with Gasteiger partial charge in [-0.15, -0.1) is 0 Å². The molecule has 2 heteroatoms. The van der Waals surface area contributed by atoms with Crippen LogP contribution in [0.2, 0.25) is 0 Å².